The van der Waals surface area contributed by atoms with Gasteiger partial charge in [0.05, 0.1) is 0 Å². The molecular formula is C6H6O4S. The Kier molecular flexibility index (Phi) is 2.21. The van der Waals surface area contributed by atoms with E-state index in [0.717, 1.165) is 0 Å². The zero-order chi connectivity index (χ0) is 8.43. The van der Waals surface area contributed by atoms with Crippen molar-refractivity contribution in [3.05, 3.63) is 17.9 Å². The third-order valence-corrected chi connectivity index (χ3v) is 1.86. The van der Waals surface area contributed by atoms with Crippen LogP contribution in [-0.4, -0.2) is 21.9 Å². The van der Waals surface area contributed by atoms with E-state index in [1.807, 2.05) is 0 Å². The molecule has 11 heavy (non-hydrogen) atoms. The molecule has 60 valence electrons. The van der Waals surface area contributed by atoms with E-state index in [2.05, 4.69) is 0 Å². The quantitative estimate of drug-likeness (QED) is 0.670. The highest BCUT2D eigenvalue weighted by atomic mass is 32.2. The molecule has 1 unspecified atom stereocenters. The summed E-state index contributed by atoms with van der Waals surface area (Å²) in [6, 6.07) is 2.67. The number of hydrogen-bond acceptors (Lipinski definition) is 3. The number of hydrogen-bond donors (Lipinski definition) is 1. The lowest BCUT2D eigenvalue weighted by atomic mass is 10.5. The summed E-state index contributed by atoms with van der Waals surface area (Å²) >= 11 is -1.25. The van der Waals surface area contributed by atoms with Gasteiger partial charge in [-0.3, -0.25) is 0 Å². The number of rotatable bonds is 2. The molecule has 5 heteroatoms. The Morgan fingerprint density at radius 2 is 2.36 bits per heavy atom. The van der Waals surface area contributed by atoms with Gasteiger partial charge >= 0.3 is 11.1 Å². The van der Waals surface area contributed by atoms with E-state index in [1.54, 1.807) is 0 Å². The minimum Gasteiger partial charge on any atom is -0.609 e. The standard InChI is InChI=1S/C6H6O4S/c1-11(9)5-3-2-4(10-5)6(7)8/h2-3H,1H3,(H,7,8). The van der Waals surface area contributed by atoms with E-state index < -0.39 is 17.1 Å². The van der Waals surface area contributed by atoms with Gasteiger partial charge in [0, 0.05) is 17.2 Å². The summed E-state index contributed by atoms with van der Waals surface area (Å²) in [5, 5.41) is 8.57. The van der Waals surface area contributed by atoms with Gasteiger partial charge in [-0.15, -0.1) is 0 Å². The van der Waals surface area contributed by atoms with Gasteiger partial charge in [0.15, 0.2) is 0 Å². The van der Waals surface area contributed by atoms with Crippen LogP contribution in [0.1, 0.15) is 10.6 Å². The lowest BCUT2D eigenvalue weighted by Crippen LogP contribution is -1.95. The van der Waals surface area contributed by atoms with E-state index in [0.29, 0.717) is 0 Å². The van der Waals surface area contributed by atoms with Gasteiger partial charge in [-0.05, 0) is 6.07 Å². The number of aromatic carboxylic acids is 1. The van der Waals surface area contributed by atoms with Crippen LogP contribution in [0.4, 0.5) is 0 Å². The number of carbonyl (C=O) groups is 1. The summed E-state index contributed by atoms with van der Waals surface area (Å²) in [6.07, 6.45) is 1.42. The van der Waals surface area contributed by atoms with Crippen LogP contribution in [0.5, 0.6) is 0 Å². The van der Waals surface area contributed by atoms with Crippen LogP contribution in [0.15, 0.2) is 21.6 Å². The molecule has 1 aromatic rings. The second-order valence-electron chi connectivity index (χ2n) is 1.88. The molecule has 4 nitrogen and oxygen atoms in total. The maximum absolute atomic E-state index is 10.7. The van der Waals surface area contributed by atoms with Crippen LogP contribution in [0.25, 0.3) is 0 Å². The fourth-order valence-corrected chi connectivity index (χ4v) is 1.06. The van der Waals surface area contributed by atoms with E-state index in [-0.39, 0.29) is 10.9 Å². The van der Waals surface area contributed by atoms with Crippen LogP contribution >= 0.6 is 0 Å². The molecule has 0 spiro atoms. The van der Waals surface area contributed by atoms with Crippen molar-refractivity contribution in [1.29, 1.82) is 0 Å². The van der Waals surface area contributed by atoms with Crippen molar-refractivity contribution in [3.63, 3.8) is 0 Å². The molecule has 1 N–H and O–H groups in total. The molecule has 0 bridgehead atoms. The topological polar surface area (TPSA) is 73.5 Å². The van der Waals surface area contributed by atoms with E-state index in [9.17, 15) is 9.35 Å². The van der Waals surface area contributed by atoms with Gasteiger partial charge in [0.1, 0.15) is 6.26 Å². The molecule has 0 aliphatic heterocycles. The fourth-order valence-electron chi connectivity index (χ4n) is 0.590. The highest BCUT2D eigenvalue weighted by Crippen LogP contribution is 2.12. The third-order valence-electron chi connectivity index (χ3n) is 1.08. The highest BCUT2D eigenvalue weighted by molar-refractivity contribution is 7.90. The SMILES string of the molecule is C[S+]([O-])c1ccc(C(=O)O)o1. The molecule has 0 saturated carbocycles. The zero-order valence-corrected chi connectivity index (χ0v) is 6.55. The highest BCUT2D eigenvalue weighted by Gasteiger charge is 2.14. The average Bonchev–Trinajstić information content (AvgIpc) is 2.33. The molecule has 0 fully saturated rings. The van der Waals surface area contributed by atoms with Crippen molar-refractivity contribution < 1.29 is 18.9 Å². The van der Waals surface area contributed by atoms with Crippen LogP contribution < -0.4 is 0 Å². The van der Waals surface area contributed by atoms with E-state index in [4.69, 9.17) is 9.52 Å². The van der Waals surface area contributed by atoms with E-state index in [1.165, 1.54) is 18.4 Å². The Balaban J connectivity index is 2.90. The van der Waals surface area contributed by atoms with Crippen LogP contribution in [0.2, 0.25) is 0 Å². The molecule has 0 saturated heterocycles. The number of furan rings is 1. The average molecular weight is 174 g/mol. The Labute approximate surface area is 66.0 Å². The molecule has 1 aromatic heterocycles. The molecular weight excluding hydrogens is 168 g/mol. The van der Waals surface area contributed by atoms with Gasteiger partial charge in [-0.2, -0.15) is 0 Å². The monoisotopic (exact) mass is 174 g/mol. The summed E-state index contributed by atoms with van der Waals surface area (Å²) in [6.45, 7) is 0. The molecule has 1 heterocycles. The van der Waals surface area contributed by atoms with Gasteiger partial charge in [-0.1, -0.05) is 0 Å². The smallest absolute Gasteiger partial charge is 0.372 e. The van der Waals surface area contributed by atoms with Crippen LogP contribution in [0, 0.1) is 0 Å². The predicted octanol–water partition coefficient (Wildman–Crippen LogP) is 0.715. The Morgan fingerprint density at radius 3 is 2.64 bits per heavy atom. The Morgan fingerprint density at radius 1 is 1.73 bits per heavy atom. The summed E-state index contributed by atoms with van der Waals surface area (Å²) < 4.78 is 15.4. The normalized spacial score (nSPS) is 12.9. The maximum atomic E-state index is 10.7. The first kappa shape index (κ1) is 8.16. The zero-order valence-electron chi connectivity index (χ0n) is 5.73. The lowest BCUT2D eigenvalue weighted by Gasteiger charge is -1.96. The van der Waals surface area contributed by atoms with Crippen molar-refractivity contribution in [1.82, 2.24) is 0 Å². The first-order valence-electron chi connectivity index (χ1n) is 2.78. The Hall–Kier alpha value is -0.940. The second-order valence-corrected chi connectivity index (χ2v) is 3.19. The number of carboxylic acid groups (broad SMARTS) is 1. The van der Waals surface area contributed by atoms with Crippen molar-refractivity contribution in [3.8, 4) is 0 Å². The maximum Gasteiger partial charge on any atom is 0.372 e. The molecule has 0 radical (unpaired) electrons. The van der Waals surface area contributed by atoms with Crippen molar-refractivity contribution in [2.75, 3.05) is 6.26 Å². The first-order chi connectivity index (χ1) is 5.11. The summed E-state index contributed by atoms with van der Waals surface area (Å²) in [4.78, 5) is 10.2. The third kappa shape index (κ3) is 1.75. The van der Waals surface area contributed by atoms with Crippen molar-refractivity contribution in [2.24, 2.45) is 0 Å². The van der Waals surface area contributed by atoms with E-state index >= 15 is 0 Å². The van der Waals surface area contributed by atoms with Crippen molar-refractivity contribution >= 4 is 17.1 Å². The first-order valence-corrected chi connectivity index (χ1v) is 4.33. The molecule has 1 rings (SSSR count). The number of carboxylic acids is 1. The fraction of sp³-hybridized carbons (Fsp3) is 0.167. The predicted molar refractivity (Wildman–Crippen MR) is 38.0 cm³/mol. The largest absolute Gasteiger partial charge is 0.609 e. The second kappa shape index (κ2) is 2.98. The van der Waals surface area contributed by atoms with Crippen molar-refractivity contribution in [2.45, 2.75) is 5.09 Å². The minimum atomic E-state index is -1.25. The summed E-state index contributed by atoms with van der Waals surface area (Å²) in [5.41, 5.74) is 0. The molecule has 0 aromatic carbocycles. The molecule has 1 atom stereocenters. The summed E-state index contributed by atoms with van der Waals surface area (Å²) in [5.74, 6) is -1.34. The molecule has 0 amide bonds. The van der Waals surface area contributed by atoms with Gasteiger partial charge in [-0.25, -0.2) is 4.79 Å². The van der Waals surface area contributed by atoms with Gasteiger partial charge in [0.25, 0.3) is 0 Å². The Bertz CT molecular complexity index is 265. The van der Waals surface area contributed by atoms with Gasteiger partial charge in [0.2, 0.25) is 5.76 Å². The van der Waals surface area contributed by atoms with Crippen LogP contribution in [-0.2, 0) is 11.2 Å². The molecule has 0 aliphatic rings. The molecule has 0 aliphatic carbocycles. The van der Waals surface area contributed by atoms with Crippen LogP contribution in [0.3, 0.4) is 0 Å². The lowest BCUT2D eigenvalue weighted by molar-refractivity contribution is 0.0656. The summed E-state index contributed by atoms with van der Waals surface area (Å²) in [7, 11) is 0. The minimum absolute atomic E-state index is 0.183. The van der Waals surface area contributed by atoms with Gasteiger partial charge < -0.3 is 14.1 Å².